The van der Waals surface area contributed by atoms with E-state index in [0.29, 0.717) is 11.8 Å². The van der Waals surface area contributed by atoms with E-state index in [-0.39, 0.29) is 0 Å². The van der Waals surface area contributed by atoms with Gasteiger partial charge in [0.25, 0.3) is 0 Å². The zero-order chi connectivity index (χ0) is 41.9. The number of fused-ring (bicyclic) bond motifs is 7. The minimum absolute atomic E-state index is 0.305. The highest BCUT2D eigenvalue weighted by molar-refractivity contribution is 6.13. The van der Waals surface area contributed by atoms with Gasteiger partial charge in [-0.15, -0.1) is 0 Å². The number of hydrogen-bond donors (Lipinski definition) is 0. The van der Waals surface area contributed by atoms with E-state index in [9.17, 15) is 0 Å². The van der Waals surface area contributed by atoms with Gasteiger partial charge in [0.2, 0.25) is 0 Å². The van der Waals surface area contributed by atoms with Gasteiger partial charge in [0, 0.05) is 33.6 Å². The minimum Gasteiger partial charge on any atom is -0.313 e. The number of para-hydroxylation sites is 3. The average molecular weight is 811 g/mol. The Morgan fingerprint density at radius 1 is 0.508 bits per heavy atom. The lowest BCUT2D eigenvalue weighted by molar-refractivity contribution is 0.445. The van der Waals surface area contributed by atoms with Crippen molar-refractivity contribution in [2.45, 2.75) is 51.4 Å². The van der Waals surface area contributed by atoms with E-state index >= 15 is 0 Å². The zero-order valence-electron chi connectivity index (χ0n) is 35.8. The highest BCUT2D eigenvalue weighted by Crippen LogP contribution is 2.50. The molecule has 12 rings (SSSR count). The molecule has 0 N–H and O–H groups in total. The maximum atomic E-state index is 2.61. The van der Waals surface area contributed by atoms with Crippen LogP contribution in [0.4, 0.5) is 11.4 Å². The van der Waals surface area contributed by atoms with Crippen LogP contribution >= 0.6 is 0 Å². The van der Waals surface area contributed by atoms with Gasteiger partial charge in [-0.2, -0.15) is 0 Å². The van der Waals surface area contributed by atoms with Crippen molar-refractivity contribution in [1.29, 1.82) is 0 Å². The second-order valence-corrected chi connectivity index (χ2v) is 17.9. The lowest BCUT2D eigenvalue weighted by Gasteiger charge is -2.34. The number of hydrogen-bond acceptors (Lipinski definition) is 1. The second-order valence-electron chi connectivity index (χ2n) is 17.9. The largest absolute Gasteiger partial charge is 0.313 e. The highest BCUT2D eigenvalue weighted by atomic mass is 15.2. The predicted molar refractivity (Wildman–Crippen MR) is 268 cm³/mol. The van der Waals surface area contributed by atoms with Crippen molar-refractivity contribution in [2.24, 2.45) is 5.92 Å². The monoisotopic (exact) mass is 810 g/mol. The van der Waals surface area contributed by atoms with E-state index in [4.69, 9.17) is 0 Å². The van der Waals surface area contributed by atoms with Crippen molar-refractivity contribution in [3.8, 4) is 27.9 Å². The number of anilines is 2. The first-order valence-electron chi connectivity index (χ1n) is 23.0. The summed E-state index contributed by atoms with van der Waals surface area (Å²) >= 11 is 0. The molecule has 0 radical (unpaired) electrons. The molecule has 1 heterocycles. The van der Waals surface area contributed by atoms with Gasteiger partial charge < -0.3 is 9.47 Å². The van der Waals surface area contributed by atoms with Gasteiger partial charge in [-0.05, 0) is 122 Å². The molecule has 0 saturated heterocycles. The van der Waals surface area contributed by atoms with Crippen molar-refractivity contribution in [2.75, 3.05) is 4.90 Å². The zero-order valence-corrected chi connectivity index (χ0v) is 35.8. The standard InChI is InChI=1S/C61H50N2/c1-41-38-58-61(55-29-11-13-35-57(55)62(58)46-24-6-3-7-25-46)59(39-41)63(47-26-14-23-45(40-47)49-30-17-32-51-48-27-9-8-20-43(48)36-37-52(49)51)56-34-12-10-28-53(56)54-33-16-22-44-21-15-31-50(60(44)54)42-18-4-2-5-19-42/h3,6-17,20-37,39-42H,2,4-5,18-19,38H2,1H3. The van der Waals surface area contributed by atoms with E-state index in [2.05, 4.69) is 217 Å². The normalized spacial score (nSPS) is 15.5. The van der Waals surface area contributed by atoms with Gasteiger partial charge in [-0.1, -0.05) is 190 Å². The molecule has 9 aromatic carbocycles. The van der Waals surface area contributed by atoms with E-state index in [0.717, 1.165) is 12.1 Å². The van der Waals surface area contributed by atoms with Gasteiger partial charge in [0.05, 0.1) is 16.9 Å². The Morgan fingerprint density at radius 3 is 2.08 bits per heavy atom. The predicted octanol–water partition coefficient (Wildman–Crippen LogP) is 16.8. The molecule has 1 saturated carbocycles. The van der Waals surface area contributed by atoms with Crippen LogP contribution in [-0.4, -0.2) is 4.57 Å². The average Bonchev–Trinajstić information content (AvgIpc) is 3.68. The smallest absolute Gasteiger partial charge is 0.0540 e. The van der Waals surface area contributed by atoms with Crippen LogP contribution in [0, 0.1) is 5.92 Å². The van der Waals surface area contributed by atoms with Gasteiger partial charge in [0.15, 0.2) is 0 Å². The van der Waals surface area contributed by atoms with Gasteiger partial charge >= 0.3 is 0 Å². The summed E-state index contributed by atoms with van der Waals surface area (Å²) in [5, 5.41) is 9.11. The molecule has 2 nitrogen and oxygen atoms in total. The molecule has 1 aromatic heterocycles. The first-order valence-corrected chi connectivity index (χ1v) is 23.0. The third-order valence-electron chi connectivity index (χ3n) is 14.1. The number of rotatable bonds is 7. The molecule has 1 unspecified atom stereocenters. The first-order chi connectivity index (χ1) is 31.2. The molecule has 2 heteroatoms. The Balaban J connectivity index is 1.13. The third kappa shape index (κ3) is 6.39. The van der Waals surface area contributed by atoms with Crippen LogP contribution in [0.15, 0.2) is 200 Å². The topological polar surface area (TPSA) is 8.17 Å². The van der Waals surface area contributed by atoms with Crippen molar-refractivity contribution < 1.29 is 0 Å². The third-order valence-corrected chi connectivity index (χ3v) is 14.1. The maximum Gasteiger partial charge on any atom is 0.0540 e. The Labute approximate surface area is 370 Å². The summed E-state index contributed by atoms with van der Waals surface area (Å²) in [6.07, 6.45) is 9.99. The van der Waals surface area contributed by atoms with Crippen molar-refractivity contribution in [3.63, 3.8) is 0 Å². The molecular weight excluding hydrogens is 761 g/mol. The van der Waals surface area contributed by atoms with Crippen molar-refractivity contribution in [3.05, 3.63) is 217 Å². The van der Waals surface area contributed by atoms with Gasteiger partial charge in [-0.3, -0.25) is 0 Å². The summed E-state index contributed by atoms with van der Waals surface area (Å²) in [6, 6.07) is 72.6. The molecular formula is C61H50N2. The molecule has 10 aromatic rings. The SMILES string of the molecule is CC1C=C(N(c2cccc(-c3cccc4c3ccc3ccccc34)c2)c2ccccc2-c2cccc3cccc(C4CCCCC4)c23)c2c(n(-c3ccccc3)c3ccccc23)C1. The Hall–Kier alpha value is -7.16. The Bertz CT molecular complexity index is 3380. The lowest BCUT2D eigenvalue weighted by atomic mass is 9.80. The van der Waals surface area contributed by atoms with Crippen molar-refractivity contribution in [1.82, 2.24) is 4.57 Å². The van der Waals surface area contributed by atoms with Crippen molar-refractivity contribution >= 4 is 60.3 Å². The lowest BCUT2D eigenvalue weighted by Crippen LogP contribution is -2.22. The molecule has 2 aliphatic carbocycles. The fourth-order valence-electron chi connectivity index (χ4n) is 11.3. The number of allylic oxidation sites excluding steroid dienone is 1. The van der Waals surface area contributed by atoms with Crippen LogP contribution in [0.2, 0.25) is 0 Å². The fourth-order valence-corrected chi connectivity index (χ4v) is 11.3. The molecule has 0 bridgehead atoms. The molecule has 1 atom stereocenters. The van der Waals surface area contributed by atoms with E-state index < -0.39 is 0 Å². The molecule has 2 aliphatic rings. The molecule has 1 fully saturated rings. The molecule has 304 valence electrons. The van der Waals surface area contributed by atoms with Crippen LogP contribution in [0.3, 0.4) is 0 Å². The fraction of sp³-hybridized carbons (Fsp3) is 0.148. The van der Waals surface area contributed by atoms with Crippen LogP contribution in [0.25, 0.3) is 76.9 Å². The highest BCUT2D eigenvalue weighted by Gasteiger charge is 2.32. The van der Waals surface area contributed by atoms with E-state index in [1.807, 2.05) is 0 Å². The summed E-state index contributed by atoms with van der Waals surface area (Å²) in [7, 11) is 0. The van der Waals surface area contributed by atoms with E-state index in [1.54, 1.807) is 0 Å². The van der Waals surface area contributed by atoms with Crippen LogP contribution in [0.5, 0.6) is 0 Å². The summed E-state index contributed by atoms with van der Waals surface area (Å²) in [4.78, 5) is 2.61. The summed E-state index contributed by atoms with van der Waals surface area (Å²) in [5.74, 6) is 0.883. The maximum absolute atomic E-state index is 2.61. The summed E-state index contributed by atoms with van der Waals surface area (Å²) in [5.41, 5.74) is 15.2. The molecule has 0 amide bonds. The quantitative estimate of drug-likeness (QED) is 0.146. The number of nitrogens with zero attached hydrogens (tertiary/aromatic N) is 2. The molecule has 0 spiro atoms. The van der Waals surface area contributed by atoms with Gasteiger partial charge in [-0.25, -0.2) is 0 Å². The van der Waals surface area contributed by atoms with Crippen LogP contribution < -0.4 is 4.90 Å². The Morgan fingerprint density at radius 2 is 1.19 bits per heavy atom. The van der Waals surface area contributed by atoms with Crippen LogP contribution in [0.1, 0.15) is 61.8 Å². The number of aromatic nitrogens is 1. The van der Waals surface area contributed by atoms with E-state index in [1.165, 1.54) is 131 Å². The second kappa shape index (κ2) is 15.6. The Kier molecular flexibility index (Phi) is 9.33. The van der Waals surface area contributed by atoms with Gasteiger partial charge in [0.1, 0.15) is 0 Å². The molecule has 0 aliphatic heterocycles. The molecule has 63 heavy (non-hydrogen) atoms. The summed E-state index contributed by atoms with van der Waals surface area (Å²) in [6.45, 7) is 2.39. The summed E-state index contributed by atoms with van der Waals surface area (Å²) < 4.78 is 2.52. The minimum atomic E-state index is 0.305. The number of benzene rings is 9. The van der Waals surface area contributed by atoms with Crippen LogP contribution in [-0.2, 0) is 6.42 Å². The first kappa shape index (κ1) is 37.6.